The molecule has 0 aliphatic heterocycles. The Labute approximate surface area is 124 Å². The summed E-state index contributed by atoms with van der Waals surface area (Å²) >= 11 is 0. The van der Waals surface area contributed by atoms with Crippen molar-refractivity contribution in [3.8, 4) is 17.6 Å². The fourth-order valence-electron chi connectivity index (χ4n) is 2.10. The minimum Gasteiger partial charge on any atom is -0.504 e. The molecule has 0 aliphatic rings. The van der Waals surface area contributed by atoms with Crippen LogP contribution in [0.2, 0.25) is 0 Å². The predicted octanol–water partition coefficient (Wildman–Crippen LogP) is 3.12. The van der Waals surface area contributed by atoms with Crippen molar-refractivity contribution < 1.29 is 9.84 Å². The number of para-hydroxylation sites is 1. The molecule has 0 fully saturated rings. The van der Waals surface area contributed by atoms with Gasteiger partial charge in [-0.2, -0.15) is 5.26 Å². The number of nitriles is 1. The Morgan fingerprint density at radius 3 is 2.57 bits per heavy atom. The minimum absolute atomic E-state index is 0.114. The molecule has 2 rings (SSSR count). The summed E-state index contributed by atoms with van der Waals surface area (Å²) in [5, 5.41) is 22.2. The fraction of sp³-hybridized carbons (Fsp3) is 0.235. The van der Waals surface area contributed by atoms with E-state index in [2.05, 4.69) is 11.4 Å². The molecule has 2 aromatic rings. The number of aromatic hydroxyl groups is 1. The summed E-state index contributed by atoms with van der Waals surface area (Å²) in [4.78, 5) is 0. The van der Waals surface area contributed by atoms with Crippen molar-refractivity contribution in [1.29, 1.82) is 5.26 Å². The Bertz CT molecular complexity index is 645. The second-order valence-corrected chi connectivity index (χ2v) is 4.80. The summed E-state index contributed by atoms with van der Waals surface area (Å²) in [5.41, 5.74) is 2.53. The Morgan fingerprint density at radius 2 is 1.95 bits per heavy atom. The van der Waals surface area contributed by atoms with Gasteiger partial charge < -0.3 is 15.2 Å². The van der Waals surface area contributed by atoms with Gasteiger partial charge >= 0.3 is 0 Å². The van der Waals surface area contributed by atoms with E-state index in [9.17, 15) is 5.11 Å². The highest BCUT2D eigenvalue weighted by molar-refractivity contribution is 5.45. The van der Waals surface area contributed by atoms with E-state index in [1.807, 2.05) is 31.2 Å². The van der Waals surface area contributed by atoms with Crippen molar-refractivity contribution in [3.05, 3.63) is 59.2 Å². The summed E-state index contributed by atoms with van der Waals surface area (Å²) in [6.45, 7) is 2.57. The lowest BCUT2D eigenvalue weighted by atomic mass is 10.1. The van der Waals surface area contributed by atoms with Crippen LogP contribution in [0.5, 0.6) is 11.5 Å². The number of ether oxygens (including phenoxy) is 1. The molecule has 0 aromatic heterocycles. The van der Waals surface area contributed by atoms with Crippen LogP contribution in [-0.2, 0) is 6.54 Å². The number of benzene rings is 2. The van der Waals surface area contributed by atoms with Crippen LogP contribution in [-0.4, -0.2) is 12.2 Å². The number of nitrogens with one attached hydrogen (secondary N) is 1. The highest BCUT2D eigenvalue weighted by atomic mass is 16.5. The number of hydrogen-bond acceptors (Lipinski definition) is 4. The first kappa shape index (κ1) is 14.9. The van der Waals surface area contributed by atoms with Crippen LogP contribution in [0.15, 0.2) is 42.5 Å². The van der Waals surface area contributed by atoms with Crippen LogP contribution in [0.1, 0.15) is 29.7 Å². The number of methoxy groups -OCH3 is 1. The predicted molar refractivity (Wildman–Crippen MR) is 81.1 cm³/mol. The number of phenolic OH excluding ortho intramolecular Hbond substituents is 1. The number of nitrogens with zero attached hydrogens (tertiary/aromatic N) is 1. The molecule has 2 N–H and O–H groups in total. The maximum Gasteiger partial charge on any atom is 0.162 e. The van der Waals surface area contributed by atoms with Gasteiger partial charge in [0.25, 0.3) is 0 Å². The van der Waals surface area contributed by atoms with Crippen molar-refractivity contribution >= 4 is 0 Å². The fourth-order valence-corrected chi connectivity index (χ4v) is 2.10. The summed E-state index contributed by atoms with van der Waals surface area (Å²) < 4.78 is 5.09. The molecule has 2 aromatic carbocycles. The van der Waals surface area contributed by atoms with E-state index in [1.54, 1.807) is 18.2 Å². The maximum atomic E-state index is 10.0. The topological polar surface area (TPSA) is 65.3 Å². The second kappa shape index (κ2) is 6.78. The monoisotopic (exact) mass is 282 g/mol. The first-order chi connectivity index (χ1) is 10.2. The summed E-state index contributed by atoms with van der Waals surface area (Å²) in [6, 6.07) is 15.1. The van der Waals surface area contributed by atoms with Crippen LogP contribution in [0.3, 0.4) is 0 Å². The van der Waals surface area contributed by atoms with E-state index < -0.39 is 0 Å². The summed E-state index contributed by atoms with van der Waals surface area (Å²) in [5.74, 6) is 0.639. The van der Waals surface area contributed by atoms with E-state index in [1.165, 1.54) is 7.11 Å². The number of phenols is 1. The zero-order valence-electron chi connectivity index (χ0n) is 12.1. The van der Waals surface area contributed by atoms with E-state index in [4.69, 9.17) is 10.00 Å². The lowest BCUT2D eigenvalue weighted by molar-refractivity contribution is 0.369. The quantitative estimate of drug-likeness (QED) is 0.884. The van der Waals surface area contributed by atoms with Gasteiger partial charge in [0.05, 0.1) is 18.7 Å². The van der Waals surface area contributed by atoms with Crippen LogP contribution < -0.4 is 10.1 Å². The highest BCUT2D eigenvalue weighted by Gasteiger charge is 2.09. The molecule has 0 heterocycles. The lowest BCUT2D eigenvalue weighted by Gasteiger charge is -2.15. The smallest absolute Gasteiger partial charge is 0.162 e. The van der Waals surface area contributed by atoms with Gasteiger partial charge in [-0.1, -0.05) is 24.3 Å². The molecule has 0 spiro atoms. The molecular weight excluding hydrogens is 264 g/mol. The van der Waals surface area contributed by atoms with Gasteiger partial charge in [0.2, 0.25) is 0 Å². The molecule has 0 bridgehead atoms. The minimum atomic E-state index is 0.114. The largest absolute Gasteiger partial charge is 0.504 e. The molecule has 21 heavy (non-hydrogen) atoms. The normalized spacial score (nSPS) is 11.7. The highest BCUT2D eigenvalue weighted by Crippen LogP contribution is 2.29. The molecule has 1 unspecified atom stereocenters. The van der Waals surface area contributed by atoms with Gasteiger partial charge in [0.15, 0.2) is 11.5 Å². The second-order valence-electron chi connectivity index (χ2n) is 4.80. The first-order valence-electron chi connectivity index (χ1n) is 6.74. The molecule has 0 saturated heterocycles. The maximum absolute atomic E-state index is 10.0. The van der Waals surface area contributed by atoms with Crippen molar-refractivity contribution in [2.75, 3.05) is 7.11 Å². The van der Waals surface area contributed by atoms with Gasteiger partial charge in [-0.3, -0.25) is 0 Å². The molecule has 4 heteroatoms. The van der Waals surface area contributed by atoms with E-state index in [0.717, 1.165) is 11.1 Å². The Hall–Kier alpha value is -2.51. The van der Waals surface area contributed by atoms with E-state index in [0.29, 0.717) is 17.9 Å². The SMILES string of the molecule is COc1cccc(CNC(C)c2ccc(C#N)cc2)c1O. The molecular formula is C17H18N2O2. The Morgan fingerprint density at radius 1 is 1.24 bits per heavy atom. The summed E-state index contributed by atoms with van der Waals surface area (Å²) in [6.07, 6.45) is 0. The van der Waals surface area contributed by atoms with Crippen LogP contribution in [0, 0.1) is 11.3 Å². The lowest BCUT2D eigenvalue weighted by Crippen LogP contribution is -2.18. The standard InChI is InChI=1S/C17H18N2O2/c1-12(14-8-6-13(10-18)7-9-14)19-11-15-4-3-5-16(21-2)17(15)20/h3-9,12,19-20H,11H2,1-2H3. The van der Waals surface area contributed by atoms with Crippen LogP contribution in [0.4, 0.5) is 0 Å². The van der Waals surface area contributed by atoms with E-state index >= 15 is 0 Å². The Kier molecular flexibility index (Phi) is 4.81. The molecule has 0 aliphatic carbocycles. The van der Waals surface area contributed by atoms with Crippen LogP contribution in [0.25, 0.3) is 0 Å². The van der Waals surface area contributed by atoms with Crippen molar-refractivity contribution in [2.45, 2.75) is 19.5 Å². The third-order valence-electron chi connectivity index (χ3n) is 3.44. The molecule has 0 radical (unpaired) electrons. The average molecular weight is 282 g/mol. The number of hydrogen-bond donors (Lipinski definition) is 2. The van der Waals surface area contributed by atoms with Crippen LogP contribution >= 0.6 is 0 Å². The third-order valence-corrected chi connectivity index (χ3v) is 3.44. The molecule has 0 saturated carbocycles. The molecule has 0 amide bonds. The number of rotatable bonds is 5. The first-order valence-corrected chi connectivity index (χ1v) is 6.74. The van der Waals surface area contributed by atoms with Gasteiger partial charge in [0, 0.05) is 18.2 Å². The van der Waals surface area contributed by atoms with Gasteiger partial charge in [-0.25, -0.2) is 0 Å². The average Bonchev–Trinajstić information content (AvgIpc) is 2.53. The molecule has 108 valence electrons. The third kappa shape index (κ3) is 3.53. The van der Waals surface area contributed by atoms with Gasteiger partial charge in [-0.15, -0.1) is 0 Å². The van der Waals surface area contributed by atoms with Gasteiger partial charge in [-0.05, 0) is 30.7 Å². The van der Waals surface area contributed by atoms with Gasteiger partial charge in [0.1, 0.15) is 0 Å². The summed E-state index contributed by atoms with van der Waals surface area (Å²) in [7, 11) is 1.53. The molecule has 1 atom stereocenters. The van der Waals surface area contributed by atoms with E-state index in [-0.39, 0.29) is 11.8 Å². The Balaban J connectivity index is 2.04. The zero-order chi connectivity index (χ0) is 15.2. The van der Waals surface area contributed by atoms with Crippen molar-refractivity contribution in [1.82, 2.24) is 5.32 Å². The van der Waals surface area contributed by atoms with Crippen molar-refractivity contribution in [3.63, 3.8) is 0 Å². The molecule has 4 nitrogen and oxygen atoms in total. The zero-order valence-corrected chi connectivity index (χ0v) is 12.1. The van der Waals surface area contributed by atoms with Crippen molar-refractivity contribution in [2.24, 2.45) is 0 Å².